The molecule has 0 unspecified atom stereocenters. The van der Waals surface area contributed by atoms with Crippen molar-refractivity contribution in [3.63, 3.8) is 0 Å². The molecule has 0 radical (unpaired) electrons. The van der Waals surface area contributed by atoms with Crippen LogP contribution in [0.2, 0.25) is 0 Å². The topological polar surface area (TPSA) is 20.2 Å². The van der Waals surface area contributed by atoms with Gasteiger partial charge in [0.1, 0.15) is 0 Å². The first-order valence-electron chi connectivity index (χ1n) is 3.11. The van der Waals surface area contributed by atoms with Crippen LogP contribution >= 0.6 is 0 Å². The summed E-state index contributed by atoms with van der Waals surface area (Å²) in [6.07, 6.45) is 1.06. The zero-order valence-electron chi connectivity index (χ0n) is 6.32. The number of hydrogen-bond donors (Lipinski definition) is 1. The highest BCUT2D eigenvalue weighted by Crippen LogP contribution is 2.16. The Labute approximate surface area is 46.8 Å². The van der Waals surface area contributed by atoms with Crippen molar-refractivity contribution in [3.05, 3.63) is 0 Å². The number of aliphatic hydroxyl groups excluding tert-OH is 1. The molecule has 0 aliphatic heterocycles. The van der Waals surface area contributed by atoms with Crippen molar-refractivity contribution in [2.75, 3.05) is 6.61 Å². The van der Waals surface area contributed by atoms with Crippen molar-refractivity contribution in [1.82, 2.24) is 0 Å². The lowest BCUT2D eigenvalue weighted by Gasteiger charge is -2.17. The van der Waals surface area contributed by atoms with Gasteiger partial charge in [-0.2, -0.15) is 0 Å². The van der Waals surface area contributed by atoms with Gasteiger partial charge in [-0.25, -0.2) is 0 Å². The van der Waals surface area contributed by atoms with Crippen LogP contribution < -0.4 is 0 Å². The molecule has 1 heteroatoms. The van der Waals surface area contributed by atoms with Crippen LogP contribution in [0.4, 0.5) is 0 Å². The van der Waals surface area contributed by atoms with E-state index in [-0.39, 0.29) is 5.41 Å². The van der Waals surface area contributed by atoms with E-state index in [9.17, 15) is 0 Å². The van der Waals surface area contributed by atoms with Gasteiger partial charge in [-0.05, 0) is 11.8 Å². The van der Waals surface area contributed by atoms with E-state index in [4.69, 9.17) is 1.43 Å². The number of rotatable bonds is 3. The summed E-state index contributed by atoms with van der Waals surface area (Å²) in [6, 6.07) is 0. The lowest BCUT2D eigenvalue weighted by Crippen LogP contribution is -2.14. The molecule has 0 spiro atoms. The maximum absolute atomic E-state index is 6.46. The van der Waals surface area contributed by atoms with Crippen LogP contribution in [0.15, 0.2) is 0 Å². The molecule has 0 aromatic rings. The summed E-state index contributed by atoms with van der Waals surface area (Å²) in [5.74, 6) is 0. The van der Waals surface area contributed by atoms with Crippen molar-refractivity contribution < 1.29 is 5.11 Å². The molecule has 0 aromatic carbocycles. The molecule has 0 amide bonds. The fourth-order valence-electron chi connectivity index (χ4n) is 0.102. The number of aliphatic hydroxyl groups is 1. The summed E-state index contributed by atoms with van der Waals surface area (Å²) in [6.45, 7) is 6.80. The Morgan fingerprint density at radius 1 is 1.71 bits per heavy atom. The maximum atomic E-state index is 6.46. The van der Waals surface area contributed by atoms with E-state index in [1.807, 2.05) is 0 Å². The lowest BCUT2D eigenvalue weighted by molar-refractivity contribution is 0.155. The summed E-state index contributed by atoms with van der Waals surface area (Å²) in [4.78, 5) is 0. The van der Waals surface area contributed by atoms with Crippen molar-refractivity contribution in [2.45, 2.75) is 27.2 Å². The molecular weight excluding hydrogens is 88.1 g/mol. The third-order valence-corrected chi connectivity index (χ3v) is 1.35. The van der Waals surface area contributed by atoms with Crippen molar-refractivity contribution >= 4 is 0 Å². The van der Waals surface area contributed by atoms with Gasteiger partial charge < -0.3 is 5.11 Å². The van der Waals surface area contributed by atoms with Crippen LogP contribution in [-0.4, -0.2) is 13.1 Å². The van der Waals surface area contributed by atoms with Crippen LogP contribution in [0.3, 0.4) is 0 Å². The van der Waals surface area contributed by atoms with E-state index >= 15 is 0 Å². The SMILES string of the molecule is [2H]OCC(C)(C)CC. The average Bonchev–Trinajstić information content (AvgIpc) is 1.67. The Morgan fingerprint density at radius 3 is 2.43 bits per heavy atom. The quantitative estimate of drug-likeness (QED) is 0.572. The molecule has 0 fully saturated rings. The molecule has 0 saturated heterocycles. The van der Waals surface area contributed by atoms with Crippen LogP contribution in [0.1, 0.15) is 27.2 Å². The summed E-state index contributed by atoms with van der Waals surface area (Å²) in [7, 11) is 0. The highest BCUT2D eigenvalue weighted by molar-refractivity contribution is 4.62. The van der Waals surface area contributed by atoms with Crippen LogP contribution in [-0.2, 0) is 0 Å². The Hall–Kier alpha value is -0.0400. The third-order valence-electron chi connectivity index (χ3n) is 1.35. The largest absolute Gasteiger partial charge is 0.396 e. The van der Waals surface area contributed by atoms with Crippen molar-refractivity contribution in [2.24, 2.45) is 5.41 Å². The molecule has 0 rings (SSSR count). The normalized spacial score (nSPS) is 13.9. The molecule has 44 valence electrons. The van der Waals surface area contributed by atoms with Crippen LogP contribution in [0.5, 0.6) is 0 Å². The second-order valence-electron chi connectivity index (χ2n) is 2.66. The highest BCUT2D eigenvalue weighted by atomic mass is 16.3. The molecule has 0 saturated carbocycles. The van der Waals surface area contributed by atoms with E-state index < -0.39 is 0 Å². The number of hydrogen-bond acceptors (Lipinski definition) is 1. The zero-order chi connectivity index (χ0) is 6.62. The van der Waals surface area contributed by atoms with Gasteiger partial charge in [0, 0.05) is 6.61 Å². The Kier molecular flexibility index (Phi) is 1.69. The van der Waals surface area contributed by atoms with Gasteiger partial charge >= 0.3 is 0 Å². The standard InChI is InChI=1S/C6H14O/c1-4-6(2,3)5-7/h7H,4-5H2,1-3H3/i7D. The molecule has 1 N–H and O–H groups in total. The predicted molar refractivity (Wildman–Crippen MR) is 31.2 cm³/mol. The minimum Gasteiger partial charge on any atom is -0.396 e. The van der Waals surface area contributed by atoms with E-state index in [1.54, 1.807) is 0 Å². The fraction of sp³-hybridized carbons (Fsp3) is 1.00. The monoisotopic (exact) mass is 103 g/mol. The second-order valence-corrected chi connectivity index (χ2v) is 2.66. The Balaban J connectivity index is 3.37. The summed E-state index contributed by atoms with van der Waals surface area (Å²) >= 11 is 0. The van der Waals surface area contributed by atoms with E-state index in [1.165, 1.54) is 0 Å². The van der Waals surface area contributed by atoms with Crippen molar-refractivity contribution in [3.8, 4) is 0 Å². The Bertz CT molecular complexity index is 61.5. The summed E-state index contributed by atoms with van der Waals surface area (Å²) < 4.78 is 6.46. The van der Waals surface area contributed by atoms with Crippen LogP contribution in [0.25, 0.3) is 0 Å². The molecule has 0 heterocycles. The second kappa shape index (κ2) is 2.31. The predicted octanol–water partition coefficient (Wildman–Crippen LogP) is 1.41. The molecular formula is C6H14O. The van der Waals surface area contributed by atoms with Gasteiger partial charge in [0.25, 0.3) is 0 Å². The first-order valence-corrected chi connectivity index (χ1v) is 2.70. The first-order chi connectivity index (χ1) is 3.62. The van der Waals surface area contributed by atoms with Gasteiger partial charge in [0.15, 0.2) is 0 Å². The van der Waals surface area contributed by atoms with Gasteiger partial charge in [-0.15, -0.1) is 0 Å². The molecule has 7 heavy (non-hydrogen) atoms. The van der Waals surface area contributed by atoms with Crippen LogP contribution in [0, 0.1) is 5.41 Å². The Morgan fingerprint density at radius 2 is 2.29 bits per heavy atom. The van der Waals surface area contributed by atoms with E-state index in [0.29, 0.717) is 6.61 Å². The first kappa shape index (κ1) is 5.10. The smallest absolute Gasteiger partial charge is 0.210 e. The van der Waals surface area contributed by atoms with Gasteiger partial charge in [-0.3, -0.25) is 0 Å². The van der Waals surface area contributed by atoms with E-state index in [0.717, 1.165) is 6.42 Å². The van der Waals surface area contributed by atoms with Gasteiger partial charge in [-0.1, -0.05) is 20.8 Å². The highest BCUT2D eigenvalue weighted by Gasteiger charge is 2.11. The average molecular weight is 103 g/mol. The molecule has 1 nitrogen and oxygen atoms in total. The molecule has 0 aliphatic carbocycles. The minimum absolute atomic E-state index is 0.182. The summed E-state index contributed by atoms with van der Waals surface area (Å²) in [5.41, 5.74) is 0.182. The molecule has 0 atom stereocenters. The lowest BCUT2D eigenvalue weighted by atomic mass is 9.92. The third kappa shape index (κ3) is 2.63. The summed E-state index contributed by atoms with van der Waals surface area (Å²) in [5, 5.41) is 4.25. The maximum Gasteiger partial charge on any atom is 0.210 e. The molecule has 0 aliphatic rings. The van der Waals surface area contributed by atoms with E-state index in [2.05, 4.69) is 25.9 Å². The zero-order valence-corrected chi connectivity index (χ0v) is 5.32. The minimum atomic E-state index is 0.182. The van der Waals surface area contributed by atoms with Crippen molar-refractivity contribution in [1.29, 1.82) is 1.43 Å². The molecule has 0 bridgehead atoms. The van der Waals surface area contributed by atoms with Gasteiger partial charge in [0.2, 0.25) is 1.43 Å². The van der Waals surface area contributed by atoms with Gasteiger partial charge in [0.05, 0.1) is 0 Å². The molecule has 0 aromatic heterocycles. The fourth-order valence-corrected chi connectivity index (χ4v) is 0.102.